The van der Waals surface area contributed by atoms with Crippen molar-refractivity contribution in [1.82, 2.24) is 19.9 Å². The van der Waals surface area contributed by atoms with E-state index in [9.17, 15) is 14.4 Å². The first kappa shape index (κ1) is 14.4. The molecule has 9 nitrogen and oxygen atoms in total. The van der Waals surface area contributed by atoms with E-state index in [0.29, 0.717) is 5.69 Å². The number of nitrogens with one attached hydrogen (secondary N) is 3. The van der Waals surface area contributed by atoms with Crippen LogP contribution in [-0.2, 0) is 11.2 Å². The summed E-state index contributed by atoms with van der Waals surface area (Å²) in [6.07, 6.45) is 4.67. The Morgan fingerprint density at radius 1 is 1.47 bits per heavy atom. The maximum atomic E-state index is 10.3. The molecule has 9 heteroatoms. The molecule has 0 saturated heterocycles. The topological polar surface area (TPSA) is 158 Å². The number of imidazole rings is 1. The fourth-order valence-electron chi connectivity index (χ4n) is 1.10. The van der Waals surface area contributed by atoms with Crippen LogP contribution in [0, 0.1) is 0 Å². The maximum Gasteiger partial charge on any atom is 0.325 e. The molecule has 0 amide bonds. The zero-order valence-electron chi connectivity index (χ0n) is 9.79. The highest BCUT2D eigenvalue weighted by atomic mass is 16.4. The van der Waals surface area contributed by atoms with Crippen LogP contribution in [0.1, 0.15) is 5.69 Å². The normalized spacial score (nSPS) is 11.2. The van der Waals surface area contributed by atoms with Gasteiger partial charge in [-0.2, -0.15) is 0 Å². The third-order valence-electron chi connectivity index (χ3n) is 1.99. The first-order valence-electron chi connectivity index (χ1n) is 5.23. The van der Waals surface area contributed by atoms with Gasteiger partial charge in [-0.15, -0.1) is 0 Å². The van der Waals surface area contributed by atoms with E-state index in [4.69, 9.17) is 10.8 Å². The van der Waals surface area contributed by atoms with E-state index in [1.54, 1.807) is 6.20 Å². The summed E-state index contributed by atoms with van der Waals surface area (Å²) in [6, 6.07) is 0.375. The van der Waals surface area contributed by atoms with Crippen molar-refractivity contribution >= 4 is 5.97 Å². The van der Waals surface area contributed by atoms with Gasteiger partial charge in [0.05, 0.1) is 12.0 Å². The average Bonchev–Trinajstić information content (AvgIpc) is 2.82. The van der Waals surface area contributed by atoms with Crippen LogP contribution in [0.2, 0.25) is 0 Å². The Kier molecular flexibility index (Phi) is 5.23. The zero-order valence-corrected chi connectivity index (χ0v) is 9.79. The highest BCUT2D eigenvalue weighted by Crippen LogP contribution is 1.95. The average molecular weight is 267 g/mol. The number of aromatic nitrogens is 4. The van der Waals surface area contributed by atoms with Gasteiger partial charge in [0, 0.05) is 24.9 Å². The van der Waals surface area contributed by atoms with Crippen molar-refractivity contribution in [2.24, 2.45) is 5.73 Å². The molecule has 2 heterocycles. The lowest BCUT2D eigenvalue weighted by atomic mass is 10.2. The molecule has 0 aliphatic heterocycles. The van der Waals surface area contributed by atoms with Crippen LogP contribution < -0.4 is 17.0 Å². The predicted octanol–water partition coefficient (Wildman–Crippen LogP) is -1.57. The Morgan fingerprint density at radius 3 is 2.63 bits per heavy atom. The monoisotopic (exact) mass is 267 g/mol. The molecule has 0 bridgehead atoms. The lowest BCUT2D eigenvalue weighted by Gasteiger charge is -2.01. The SMILES string of the molecule is N[C@@H](Cc1c[nH]cn1)C(=O)O.O=c1cc[nH]c(=O)[nH]1. The second kappa shape index (κ2) is 6.91. The second-order valence-corrected chi connectivity index (χ2v) is 3.51. The molecule has 2 rings (SSSR count). The van der Waals surface area contributed by atoms with E-state index >= 15 is 0 Å². The standard InChI is InChI=1S/C6H9N3O2.C4H4N2O2/c7-5(6(10)11)1-4-2-8-3-9-4;7-3-1-2-5-4(8)6-3/h2-3,5H,1,7H2,(H,8,9)(H,10,11);1-2H,(H2,5,6,7,8)/t5-;/m0./s1. The van der Waals surface area contributed by atoms with Crippen molar-refractivity contribution < 1.29 is 9.90 Å². The van der Waals surface area contributed by atoms with Gasteiger partial charge in [-0.25, -0.2) is 9.78 Å². The van der Waals surface area contributed by atoms with Crippen LogP contribution in [0.15, 0.2) is 34.4 Å². The van der Waals surface area contributed by atoms with Crippen molar-refractivity contribution in [3.05, 3.63) is 51.3 Å². The lowest BCUT2D eigenvalue weighted by molar-refractivity contribution is -0.138. The summed E-state index contributed by atoms with van der Waals surface area (Å²) in [5.74, 6) is -1.01. The molecule has 0 radical (unpaired) electrons. The highest BCUT2D eigenvalue weighted by molar-refractivity contribution is 5.73. The quantitative estimate of drug-likeness (QED) is 0.451. The van der Waals surface area contributed by atoms with Gasteiger partial charge in [0.25, 0.3) is 5.56 Å². The first-order valence-corrected chi connectivity index (χ1v) is 5.23. The molecule has 0 fully saturated rings. The van der Waals surface area contributed by atoms with Gasteiger partial charge in [-0.05, 0) is 0 Å². The van der Waals surface area contributed by atoms with Gasteiger partial charge in [0.1, 0.15) is 6.04 Å². The van der Waals surface area contributed by atoms with Crippen molar-refractivity contribution in [1.29, 1.82) is 0 Å². The summed E-state index contributed by atoms with van der Waals surface area (Å²) < 4.78 is 0. The number of aliphatic carboxylic acids is 1. The van der Waals surface area contributed by atoms with Crippen LogP contribution in [0.4, 0.5) is 0 Å². The summed E-state index contributed by atoms with van der Waals surface area (Å²) in [6.45, 7) is 0. The molecule has 0 aromatic carbocycles. The second-order valence-electron chi connectivity index (χ2n) is 3.51. The largest absolute Gasteiger partial charge is 0.480 e. The summed E-state index contributed by atoms with van der Waals surface area (Å²) in [7, 11) is 0. The van der Waals surface area contributed by atoms with Gasteiger partial charge in [0.2, 0.25) is 0 Å². The highest BCUT2D eigenvalue weighted by Gasteiger charge is 2.12. The Morgan fingerprint density at radius 2 is 2.21 bits per heavy atom. The molecule has 0 unspecified atom stereocenters. The van der Waals surface area contributed by atoms with Gasteiger partial charge in [0.15, 0.2) is 0 Å². The van der Waals surface area contributed by atoms with Crippen molar-refractivity contribution in [2.45, 2.75) is 12.5 Å². The van der Waals surface area contributed by atoms with E-state index in [-0.39, 0.29) is 12.0 Å². The number of rotatable bonds is 3. The predicted molar refractivity (Wildman–Crippen MR) is 65.6 cm³/mol. The minimum atomic E-state index is -1.01. The molecule has 19 heavy (non-hydrogen) atoms. The van der Waals surface area contributed by atoms with E-state index in [1.807, 2.05) is 4.98 Å². The number of nitrogens with zero attached hydrogens (tertiary/aromatic N) is 1. The summed E-state index contributed by atoms with van der Waals surface area (Å²) in [4.78, 5) is 41.5. The number of carboxylic acids is 1. The molecule has 2 aromatic rings. The Balaban J connectivity index is 0.000000200. The minimum Gasteiger partial charge on any atom is -0.480 e. The molecule has 102 valence electrons. The lowest BCUT2D eigenvalue weighted by Crippen LogP contribution is -2.32. The van der Waals surface area contributed by atoms with Crippen molar-refractivity contribution in [3.63, 3.8) is 0 Å². The van der Waals surface area contributed by atoms with Crippen LogP contribution >= 0.6 is 0 Å². The number of nitrogens with two attached hydrogens (primary N) is 1. The molecular formula is C10H13N5O4. The van der Waals surface area contributed by atoms with E-state index in [1.165, 1.54) is 18.6 Å². The summed E-state index contributed by atoms with van der Waals surface area (Å²) >= 11 is 0. The number of carbonyl (C=O) groups is 1. The number of hydrogen-bond donors (Lipinski definition) is 5. The Hall–Kier alpha value is -2.68. The number of hydrogen-bond acceptors (Lipinski definition) is 5. The summed E-state index contributed by atoms with van der Waals surface area (Å²) in [5.41, 5.74) is 5.07. The molecule has 0 spiro atoms. The Labute approximate surface area is 106 Å². The molecule has 2 aromatic heterocycles. The summed E-state index contributed by atoms with van der Waals surface area (Å²) in [5, 5.41) is 8.42. The smallest absolute Gasteiger partial charge is 0.325 e. The van der Waals surface area contributed by atoms with Crippen LogP contribution in [-0.4, -0.2) is 37.1 Å². The molecule has 0 saturated carbocycles. The van der Waals surface area contributed by atoms with Crippen LogP contribution in [0.25, 0.3) is 0 Å². The van der Waals surface area contributed by atoms with E-state index in [2.05, 4.69) is 15.0 Å². The molecule has 1 atom stereocenters. The fraction of sp³-hybridized carbons (Fsp3) is 0.200. The van der Waals surface area contributed by atoms with Crippen LogP contribution in [0.5, 0.6) is 0 Å². The van der Waals surface area contributed by atoms with Gasteiger partial charge < -0.3 is 20.8 Å². The Bertz CT molecular complexity index is 590. The zero-order chi connectivity index (χ0) is 14.3. The third-order valence-corrected chi connectivity index (χ3v) is 1.99. The third kappa shape index (κ3) is 5.46. The molecule has 0 aliphatic rings. The van der Waals surface area contributed by atoms with Gasteiger partial charge >= 0.3 is 11.7 Å². The maximum absolute atomic E-state index is 10.3. The fourth-order valence-corrected chi connectivity index (χ4v) is 1.10. The number of aromatic amines is 3. The molecular weight excluding hydrogens is 254 g/mol. The van der Waals surface area contributed by atoms with Gasteiger partial charge in [-0.1, -0.05) is 0 Å². The van der Waals surface area contributed by atoms with Crippen molar-refractivity contribution in [3.8, 4) is 0 Å². The van der Waals surface area contributed by atoms with Gasteiger partial charge in [-0.3, -0.25) is 14.6 Å². The van der Waals surface area contributed by atoms with Crippen molar-refractivity contribution in [2.75, 3.05) is 0 Å². The number of carboxylic acid groups (broad SMARTS) is 1. The number of H-pyrrole nitrogens is 3. The molecule has 6 N–H and O–H groups in total. The minimum absolute atomic E-state index is 0.263. The first-order chi connectivity index (χ1) is 8.99. The van der Waals surface area contributed by atoms with E-state index in [0.717, 1.165) is 0 Å². The van der Waals surface area contributed by atoms with Crippen LogP contribution in [0.3, 0.4) is 0 Å². The molecule has 0 aliphatic carbocycles. The van der Waals surface area contributed by atoms with E-state index < -0.39 is 17.7 Å².